The first-order valence-electron chi connectivity index (χ1n) is 5.82. The monoisotopic (exact) mass is 269 g/mol. The maximum absolute atomic E-state index is 12.7. The van der Waals surface area contributed by atoms with Crippen molar-refractivity contribution in [3.63, 3.8) is 0 Å². The predicted octanol–water partition coefficient (Wildman–Crippen LogP) is 4.29. The maximum Gasteiger partial charge on any atom is 0.416 e. The molecule has 0 amide bonds. The van der Waals surface area contributed by atoms with Gasteiger partial charge in [-0.05, 0) is 43.7 Å². The average molecular weight is 269 g/mol. The summed E-state index contributed by atoms with van der Waals surface area (Å²) in [5, 5.41) is 0. The van der Waals surface area contributed by atoms with E-state index in [0.717, 1.165) is 17.7 Å². The molecule has 19 heavy (non-hydrogen) atoms. The van der Waals surface area contributed by atoms with E-state index in [-0.39, 0.29) is 6.04 Å². The van der Waals surface area contributed by atoms with Gasteiger partial charge in [0.2, 0.25) is 0 Å². The van der Waals surface area contributed by atoms with Gasteiger partial charge in [0.1, 0.15) is 11.5 Å². The van der Waals surface area contributed by atoms with Crippen molar-refractivity contribution in [2.24, 2.45) is 5.73 Å². The molecule has 2 rings (SSSR count). The minimum Gasteiger partial charge on any atom is -0.459 e. The minimum atomic E-state index is -4.36. The Morgan fingerprint density at radius 3 is 2.37 bits per heavy atom. The van der Waals surface area contributed by atoms with Gasteiger partial charge in [0.25, 0.3) is 0 Å². The van der Waals surface area contributed by atoms with Gasteiger partial charge in [-0.2, -0.15) is 13.2 Å². The smallest absolute Gasteiger partial charge is 0.416 e. The van der Waals surface area contributed by atoms with Crippen molar-refractivity contribution in [1.29, 1.82) is 0 Å². The molecule has 0 spiro atoms. The SMILES string of the molecule is Cc1ccc(C(F)(F)F)cc1-c1ccc(C(C)N)o1. The topological polar surface area (TPSA) is 39.2 Å². The normalized spacial score (nSPS) is 13.6. The Balaban J connectivity index is 2.48. The van der Waals surface area contributed by atoms with Crippen LogP contribution in [0.4, 0.5) is 13.2 Å². The van der Waals surface area contributed by atoms with E-state index < -0.39 is 11.7 Å². The molecular weight excluding hydrogens is 255 g/mol. The molecule has 2 N–H and O–H groups in total. The van der Waals surface area contributed by atoms with Crippen molar-refractivity contribution >= 4 is 0 Å². The van der Waals surface area contributed by atoms with Crippen LogP contribution in [0.2, 0.25) is 0 Å². The van der Waals surface area contributed by atoms with Gasteiger partial charge >= 0.3 is 6.18 Å². The zero-order chi connectivity index (χ0) is 14.2. The van der Waals surface area contributed by atoms with E-state index >= 15 is 0 Å². The first-order valence-corrected chi connectivity index (χ1v) is 5.82. The summed E-state index contributed by atoms with van der Waals surface area (Å²) in [6.45, 7) is 3.49. The molecule has 0 aliphatic rings. The van der Waals surface area contributed by atoms with Gasteiger partial charge in [0, 0.05) is 5.56 Å². The largest absolute Gasteiger partial charge is 0.459 e. The Bertz CT molecular complexity index is 585. The first-order chi connectivity index (χ1) is 8.79. The van der Waals surface area contributed by atoms with Gasteiger partial charge in [-0.1, -0.05) is 6.07 Å². The molecule has 102 valence electrons. The molecule has 1 aromatic carbocycles. The van der Waals surface area contributed by atoms with Crippen LogP contribution in [0.25, 0.3) is 11.3 Å². The lowest BCUT2D eigenvalue weighted by atomic mass is 10.0. The molecule has 1 unspecified atom stereocenters. The van der Waals surface area contributed by atoms with Crippen molar-refractivity contribution < 1.29 is 17.6 Å². The number of rotatable bonds is 2. The third kappa shape index (κ3) is 2.81. The highest BCUT2D eigenvalue weighted by Gasteiger charge is 2.31. The number of hydrogen-bond donors (Lipinski definition) is 1. The molecule has 0 aliphatic heterocycles. The van der Waals surface area contributed by atoms with E-state index in [1.165, 1.54) is 6.07 Å². The fourth-order valence-corrected chi connectivity index (χ4v) is 1.81. The summed E-state index contributed by atoms with van der Waals surface area (Å²) < 4.78 is 43.6. The third-order valence-electron chi connectivity index (χ3n) is 2.91. The molecule has 1 aromatic heterocycles. The Morgan fingerprint density at radius 1 is 1.16 bits per heavy atom. The highest BCUT2D eigenvalue weighted by atomic mass is 19.4. The van der Waals surface area contributed by atoms with Crippen LogP contribution in [-0.2, 0) is 6.18 Å². The quantitative estimate of drug-likeness (QED) is 0.883. The van der Waals surface area contributed by atoms with E-state index in [4.69, 9.17) is 10.2 Å². The minimum absolute atomic E-state index is 0.292. The number of aryl methyl sites for hydroxylation is 1. The van der Waals surface area contributed by atoms with Crippen LogP contribution in [0.15, 0.2) is 34.7 Å². The Kier molecular flexibility index (Phi) is 3.41. The average Bonchev–Trinajstić information content (AvgIpc) is 2.77. The van der Waals surface area contributed by atoms with Crippen LogP contribution in [-0.4, -0.2) is 0 Å². The van der Waals surface area contributed by atoms with Crippen molar-refractivity contribution in [3.05, 3.63) is 47.2 Å². The van der Waals surface area contributed by atoms with Gasteiger partial charge in [0.15, 0.2) is 0 Å². The summed E-state index contributed by atoms with van der Waals surface area (Å²) >= 11 is 0. The molecule has 0 fully saturated rings. The number of hydrogen-bond acceptors (Lipinski definition) is 2. The summed E-state index contributed by atoms with van der Waals surface area (Å²) in [5.74, 6) is 0.947. The van der Waals surface area contributed by atoms with E-state index in [1.807, 2.05) is 0 Å². The fraction of sp³-hybridized carbons (Fsp3) is 0.286. The molecule has 1 atom stereocenters. The second-order valence-electron chi connectivity index (χ2n) is 4.52. The van der Waals surface area contributed by atoms with Crippen LogP contribution in [0, 0.1) is 6.92 Å². The van der Waals surface area contributed by atoms with Gasteiger partial charge in [0.05, 0.1) is 11.6 Å². The molecule has 2 nitrogen and oxygen atoms in total. The molecule has 2 aromatic rings. The standard InChI is InChI=1S/C14H14F3NO/c1-8-3-4-10(14(15,16)17)7-11(8)13-6-5-12(19-13)9(2)18/h3-7,9H,18H2,1-2H3. The molecule has 0 saturated carbocycles. The van der Waals surface area contributed by atoms with Gasteiger partial charge < -0.3 is 10.2 Å². The van der Waals surface area contributed by atoms with Crippen LogP contribution in [0.1, 0.15) is 29.9 Å². The summed E-state index contributed by atoms with van der Waals surface area (Å²) in [4.78, 5) is 0. The van der Waals surface area contributed by atoms with E-state index in [0.29, 0.717) is 17.1 Å². The second kappa shape index (κ2) is 4.74. The van der Waals surface area contributed by atoms with E-state index in [1.54, 1.807) is 26.0 Å². The van der Waals surface area contributed by atoms with Crippen LogP contribution in [0.3, 0.4) is 0 Å². The second-order valence-corrected chi connectivity index (χ2v) is 4.52. The fourth-order valence-electron chi connectivity index (χ4n) is 1.81. The zero-order valence-electron chi connectivity index (χ0n) is 10.6. The summed E-state index contributed by atoms with van der Waals surface area (Å²) in [5.41, 5.74) is 6.13. The Labute approximate surface area is 109 Å². The van der Waals surface area contributed by atoms with Crippen LogP contribution >= 0.6 is 0 Å². The summed E-state index contributed by atoms with van der Waals surface area (Å²) in [7, 11) is 0. The van der Waals surface area contributed by atoms with Crippen molar-refractivity contribution in [1.82, 2.24) is 0 Å². The highest BCUT2D eigenvalue weighted by molar-refractivity contribution is 5.63. The Hall–Kier alpha value is -1.75. The number of halogens is 3. The first kappa shape index (κ1) is 13.7. The highest BCUT2D eigenvalue weighted by Crippen LogP contribution is 2.34. The molecular formula is C14H14F3NO. The number of nitrogens with two attached hydrogens (primary N) is 1. The van der Waals surface area contributed by atoms with E-state index in [9.17, 15) is 13.2 Å². The van der Waals surface area contributed by atoms with Crippen LogP contribution in [0.5, 0.6) is 0 Å². The van der Waals surface area contributed by atoms with Crippen LogP contribution < -0.4 is 5.73 Å². The van der Waals surface area contributed by atoms with E-state index in [2.05, 4.69) is 0 Å². The van der Waals surface area contributed by atoms with Crippen molar-refractivity contribution in [2.75, 3.05) is 0 Å². The van der Waals surface area contributed by atoms with Gasteiger partial charge in [-0.25, -0.2) is 0 Å². The zero-order valence-corrected chi connectivity index (χ0v) is 10.6. The number of furan rings is 1. The molecule has 0 bridgehead atoms. The summed E-state index contributed by atoms with van der Waals surface area (Å²) in [6.07, 6.45) is -4.36. The predicted molar refractivity (Wildman–Crippen MR) is 66.5 cm³/mol. The lowest BCUT2D eigenvalue weighted by molar-refractivity contribution is -0.137. The lowest BCUT2D eigenvalue weighted by Gasteiger charge is -2.10. The maximum atomic E-state index is 12.7. The van der Waals surface area contributed by atoms with Gasteiger partial charge in [-0.3, -0.25) is 0 Å². The Morgan fingerprint density at radius 2 is 1.84 bits per heavy atom. The summed E-state index contributed by atoms with van der Waals surface area (Å²) in [6, 6.07) is 6.63. The molecule has 0 radical (unpaired) electrons. The molecule has 0 saturated heterocycles. The third-order valence-corrected chi connectivity index (χ3v) is 2.91. The van der Waals surface area contributed by atoms with Crippen molar-refractivity contribution in [2.45, 2.75) is 26.1 Å². The number of alkyl halides is 3. The molecule has 0 aliphatic carbocycles. The molecule has 5 heteroatoms. The van der Waals surface area contributed by atoms with Crippen molar-refractivity contribution in [3.8, 4) is 11.3 Å². The number of benzene rings is 1. The molecule has 1 heterocycles. The van der Waals surface area contributed by atoms with Gasteiger partial charge in [-0.15, -0.1) is 0 Å². The lowest BCUT2D eigenvalue weighted by Crippen LogP contribution is -2.05.